The fraction of sp³-hybridized carbons (Fsp3) is 0.500. The van der Waals surface area contributed by atoms with Crippen molar-refractivity contribution in [2.45, 2.75) is 25.8 Å². The average molecular weight is 207 g/mol. The zero-order valence-corrected chi connectivity index (χ0v) is 8.55. The molecule has 0 spiro atoms. The fourth-order valence-electron chi connectivity index (χ4n) is 1.95. The standard InChI is InChI=1S/C10H13N3O2/c1-7-3-2-6-13(7)9-8(10(14)15)4-5-11-12-9/h4-5,7H,2-3,6H2,1H3,(H,14,15). The first-order valence-electron chi connectivity index (χ1n) is 5.02. The maximum Gasteiger partial charge on any atom is 0.339 e. The van der Waals surface area contributed by atoms with E-state index < -0.39 is 5.97 Å². The van der Waals surface area contributed by atoms with Gasteiger partial charge in [0.1, 0.15) is 5.56 Å². The van der Waals surface area contributed by atoms with Gasteiger partial charge in [0.15, 0.2) is 5.82 Å². The molecule has 1 saturated heterocycles. The largest absolute Gasteiger partial charge is 0.478 e. The Kier molecular flexibility index (Phi) is 2.53. The first kappa shape index (κ1) is 9.89. The summed E-state index contributed by atoms with van der Waals surface area (Å²) in [5, 5.41) is 16.7. The normalized spacial score (nSPS) is 20.6. The molecule has 1 N–H and O–H groups in total. The molecule has 15 heavy (non-hydrogen) atoms. The van der Waals surface area contributed by atoms with Crippen molar-refractivity contribution in [3.8, 4) is 0 Å². The Balaban J connectivity index is 2.38. The Bertz CT molecular complexity index is 381. The van der Waals surface area contributed by atoms with Gasteiger partial charge in [0, 0.05) is 12.6 Å². The summed E-state index contributed by atoms with van der Waals surface area (Å²) in [7, 11) is 0. The molecule has 5 heteroatoms. The minimum Gasteiger partial charge on any atom is -0.478 e. The van der Waals surface area contributed by atoms with Crippen molar-refractivity contribution in [3.63, 3.8) is 0 Å². The van der Waals surface area contributed by atoms with E-state index in [-0.39, 0.29) is 5.56 Å². The van der Waals surface area contributed by atoms with Crippen LogP contribution >= 0.6 is 0 Å². The highest BCUT2D eigenvalue weighted by Gasteiger charge is 2.25. The number of aromatic nitrogens is 2. The summed E-state index contributed by atoms with van der Waals surface area (Å²) in [6, 6.07) is 1.84. The third kappa shape index (κ3) is 1.77. The lowest BCUT2D eigenvalue weighted by atomic mass is 10.2. The van der Waals surface area contributed by atoms with Gasteiger partial charge in [-0.2, -0.15) is 5.10 Å². The number of carboxylic acids is 1. The van der Waals surface area contributed by atoms with E-state index >= 15 is 0 Å². The van der Waals surface area contributed by atoms with Crippen molar-refractivity contribution in [2.24, 2.45) is 0 Å². The number of hydrogen-bond donors (Lipinski definition) is 1. The maximum atomic E-state index is 11.0. The van der Waals surface area contributed by atoms with Gasteiger partial charge in [0.2, 0.25) is 0 Å². The van der Waals surface area contributed by atoms with Crippen molar-refractivity contribution in [2.75, 3.05) is 11.4 Å². The first-order valence-corrected chi connectivity index (χ1v) is 5.02. The minimum atomic E-state index is -0.945. The van der Waals surface area contributed by atoms with Gasteiger partial charge in [-0.1, -0.05) is 0 Å². The highest BCUT2D eigenvalue weighted by molar-refractivity contribution is 5.93. The molecule has 0 amide bonds. The second kappa shape index (κ2) is 3.84. The van der Waals surface area contributed by atoms with E-state index in [1.165, 1.54) is 12.3 Å². The second-order valence-electron chi connectivity index (χ2n) is 3.76. The molecule has 0 radical (unpaired) electrons. The van der Waals surface area contributed by atoms with Crippen LogP contribution in [0, 0.1) is 0 Å². The van der Waals surface area contributed by atoms with Crippen molar-refractivity contribution in [1.82, 2.24) is 10.2 Å². The Morgan fingerprint density at radius 1 is 1.67 bits per heavy atom. The zero-order valence-electron chi connectivity index (χ0n) is 8.55. The van der Waals surface area contributed by atoms with Crippen molar-refractivity contribution >= 4 is 11.8 Å². The van der Waals surface area contributed by atoms with Crippen LogP contribution in [-0.4, -0.2) is 33.9 Å². The summed E-state index contributed by atoms with van der Waals surface area (Å²) in [4.78, 5) is 13.0. The Labute approximate surface area is 87.7 Å². The quantitative estimate of drug-likeness (QED) is 0.788. The van der Waals surface area contributed by atoms with Gasteiger partial charge in [-0.05, 0) is 25.8 Å². The number of anilines is 1. The third-order valence-electron chi connectivity index (χ3n) is 2.76. The SMILES string of the molecule is CC1CCCN1c1nnccc1C(=O)O. The van der Waals surface area contributed by atoms with Crippen molar-refractivity contribution in [1.29, 1.82) is 0 Å². The van der Waals surface area contributed by atoms with E-state index in [0.29, 0.717) is 11.9 Å². The van der Waals surface area contributed by atoms with Crippen LogP contribution in [0.2, 0.25) is 0 Å². The summed E-state index contributed by atoms with van der Waals surface area (Å²) in [6.07, 6.45) is 3.57. The predicted molar refractivity (Wildman–Crippen MR) is 55.0 cm³/mol. The van der Waals surface area contributed by atoms with E-state index in [0.717, 1.165) is 19.4 Å². The molecular weight excluding hydrogens is 194 g/mol. The van der Waals surface area contributed by atoms with Crippen LogP contribution in [0.1, 0.15) is 30.1 Å². The highest BCUT2D eigenvalue weighted by Crippen LogP contribution is 2.25. The Morgan fingerprint density at radius 2 is 2.47 bits per heavy atom. The maximum absolute atomic E-state index is 11.0. The first-order chi connectivity index (χ1) is 7.20. The van der Waals surface area contributed by atoms with Crippen molar-refractivity contribution in [3.05, 3.63) is 17.8 Å². The molecule has 5 nitrogen and oxygen atoms in total. The number of carboxylic acid groups (broad SMARTS) is 1. The molecule has 0 aromatic carbocycles. The Morgan fingerprint density at radius 3 is 3.07 bits per heavy atom. The van der Waals surface area contributed by atoms with Gasteiger partial charge >= 0.3 is 5.97 Å². The van der Waals surface area contributed by atoms with Crippen LogP contribution in [0.15, 0.2) is 12.3 Å². The molecule has 1 aromatic heterocycles. The number of carbonyl (C=O) groups is 1. The molecule has 1 fully saturated rings. The number of nitrogens with zero attached hydrogens (tertiary/aromatic N) is 3. The molecule has 1 atom stereocenters. The lowest BCUT2D eigenvalue weighted by Crippen LogP contribution is -2.29. The minimum absolute atomic E-state index is 0.235. The predicted octanol–water partition coefficient (Wildman–Crippen LogP) is 1.16. The van der Waals surface area contributed by atoms with Gasteiger partial charge in [-0.3, -0.25) is 0 Å². The molecule has 1 unspecified atom stereocenters. The van der Waals surface area contributed by atoms with E-state index in [1.807, 2.05) is 4.90 Å². The van der Waals surface area contributed by atoms with Crippen LogP contribution in [0.3, 0.4) is 0 Å². The van der Waals surface area contributed by atoms with Crippen LogP contribution in [0.4, 0.5) is 5.82 Å². The number of hydrogen-bond acceptors (Lipinski definition) is 4. The average Bonchev–Trinajstić information content (AvgIpc) is 2.64. The molecular formula is C10H13N3O2. The lowest BCUT2D eigenvalue weighted by Gasteiger charge is -2.22. The molecule has 0 aliphatic carbocycles. The van der Waals surface area contributed by atoms with Crippen LogP contribution in [0.5, 0.6) is 0 Å². The summed E-state index contributed by atoms with van der Waals surface area (Å²) in [5.74, 6) is -0.450. The van der Waals surface area contributed by atoms with Gasteiger partial charge < -0.3 is 10.0 Å². The molecule has 1 aromatic rings. The van der Waals surface area contributed by atoms with Gasteiger partial charge in [0.05, 0.1) is 6.20 Å². The topological polar surface area (TPSA) is 66.3 Å². The van der Waals surface area contributed by atoms with Gasteiger partial charge in [-0.15, -0.1) is 5.10 Å². The fourth-order valence-corrected chi connectivity index (χ4v) is 1.95. The lowest BCUT2D eigenvalue weighted by molar-refractivity contribution is 0.0697. The monoisotopic (exact) mass is 207 g/mol. The Hall–Kier alpha value is -1.65. The summed E-state index contributed by atoms with van der Waals surface area (Å²) in [6.45, 7) is 2.94. The van der Waals surface area contributed by atoms with E-state index in [4.69, 9.17) is 5.11 Å². The zero-order chi connectivity index (χ0) is 10.8. The summed E-state index contributed by atoms with van der Waals surface area (Å²) >= 11 is 0. The van der Waals surface area contributed by atoms with Crippen LogP contribution < -0.4 is 4.90 Å². The molecule has 1 aliphatic heterocycles. The molecule has 0 bridgehead atoms. The van der Waals surface area contributed by atoms with Gasteiger partial charge in [0.25, 0.3) is 0 Å². The van der Waals surface area contributed by atoms with Gasteiger partial charge in [-0.25, -0.2) is 4.79 Å². The van der Waals surface area contributed by atoms with E-state index in [9.17, 15) is 4.79 Å². The molecule has 0 saturated carbocycles. The van der Waals surface area contributed by atoms with E-state index in [2.05, 4.69) is 17.1 Å². The van der Waals surface area contributed by atoms with E-state index in [1.54, 1.807) is 0 Å². The number of aromatic carboxylic acids is 1. The molecule has 2 heterocycles. The number of rotatable bonds is 2. The molecule has 80 valence electrons. The summed E-state index contributed by atoms with van der Waals surface area (Å²) in [5.41, 5.74) is 0.235. The van der Waals surface area contributed by atoms with Crippen LogP contribution in [0.25, 0.3) is 0 Å². The summed E-state index contributed by atoms with van der Waals surface area (Å²) < 4.78 is 0. The second-order valence-corrected chi connectivity index (χ2v) is 3.76. The van der Waals surface area contributed by atoms with Crippen molar-refractivity contribution < 1.29 is 9.90 Å². The molecule has 1 aliphatic rings. The highest BCUT2D eigenvalue weighted by atomic mass is 16.4. The molecule has 2 rings (SSSR count). The third-order valence-corrected chi connectivity index (χ3v) is 2.76. The van der Waals surface area contributed by atoms with Crippen LogP contribution in [-0.2, 0) is 0 Å². The smallest absolute Gasteiger partial charge is 0.339 e.